The van der Waals surface area contributed by atoms with Crippen molar-refractivity contribution in [2.45, 2.75) is 6.42 Å². The van der Waals surface area contributed by atoms with Gasteiger partial charge in [0.05, 0.1) is 22.8 Å². The highest BCUT2D eigenvalue weighted by molar-refractivity contribution is 7.13. The maximum absolute atomic E-state index is 12.1. The van der Waals surface area contributed by atoms with Gasteiger partial charge in [-0.15, -0.1) is 11.3 Å². The Kier molecular flexibility index (Phi) is 4.46. The van der Waals surface area contributed by atoms with E-state index in [4.69, 9.17) is 11.6 Å². The molecule has 0 saturated heterocycles. The number of halogens is 1. The standard InChI is InChI=1S/C16H12ClN3OS/c17-13-5-1-2-6-14(13)20-15(21)8-12-10-22-16(19-12)11-4-3-7-18-9-11/h1-7,9-10H,8H2,(H,20,21). The van der Waals surface area contributed by atoms with E-state index < -0.39 is 0 Å². The van der Waals surface area contributed by atoms with E-state index in [-0.39, 0.29) is 12.3 Å². The quantitative estimate of drug-likeness (QED) is 0.786. The molecule has 2 aromatic heterocycles. The van der Waals surface area contributed by atoms with E-state index >= 15 is 0 Å². The predicted octanol–water partition coefficient (Wildman–Crippen LogP) is 4.04. The minimum Gasteiger partial charge on any atom is -0.324 e. The van der Waals surface area contributed by atoms with Gasteiger partial charge in [0.2, 0.25) is 5.91 Å². The number of para-hydroxylation sites is 1. The van der Waals surface area contributed by atoms with Crippen molar-refractivity contribution in [2.75, 3.05) is 5.32 Å². The van der Waals surface area contributed by atoms with Gasteiger partial charge in [0, 0.05) is 23.3 Å². The molecular formula is C16H12ClN3OS. The predicted molar refractivity (Wildman–Crippen MR) is 89.1 cm³/mol. The second-order valence-corrected chi connectivity index (χ2v) is 5.86. The summed E-state index contributed by atoms with van der Waals surface area (Å²) in [5, 5.41) is 6.05. The zero-order valence-corrected chi connectivity index (χ0v) is 13.1. The summed E-state index contributed by atoms with van der Waals surface area (Å²) in [4.78, 5) is 20.6. The smallest absolute Gasteiger partial charge is 0.230 e. The molecule has 2 heterocycles. The van der Waals surface area contributed by atoms with Crippen LogP contribution in [-0.4, -0.2) is 15.9 Å². The van der Waals surface area contributed by atoms with E-state index in [1.165, 1.54) is 11.3 Å². The topological polar surface area (TPSA) is 54.9 Å². The first-order valence-corrected chi connectivity index (χ1v) is 7.87. The van der Waals surface area contributed by atoms with Crippen molar-refractivity contribution in [2.24, 2.45) is 0 Å². The van der Waals surface area contributed by atoms with Crippen LogP contribution in [0.3, 0.4) is 0 Å². The monoisotopic (exact) mass is 329 g/mol. The third-order valence-electron chi connectivity index (χ3n) is 2.95. The number of hydrogen-bond acceptors (Lipinski definition) is 4. The van der Waals surface area contributed by atoms with Gasteiger partial charge in [-0.1, -0.05) is 23.7 Å². The molecule has 0 fully saturated rings. The number of carbonyl (C=O) groups is 1. The molecule has 22 heavy (non-hydrogen) atoms. The highest BCUT2D eigenvalue weighted by atomic mass is 35.5. The SMILES string of the molecule is O=C(Cc1csc(-c2cccnc2)n1)Nc1ccccc1Cl. The van der Waals surface area contributed by atoms with Crippen LogP contribution in [0.4, 0.5) is 5.69 Å². The number of benzene rings is 1. The average Bonchev–Trinajstić information content (AvgIpc) is 2.99. The molecule has 0 aliphatic carbocycles. The van der Waals surface area contributed by atoms with Crippen LogP contribution in [0.1, 0.15) is 5.69 Å². The van der Waals surface area contributed by atoms with Crippen LogP contribution in [0.2, 0.25) is 5.02 Å². The van der Waals surface area contributed by atoms with Crippen LogP contribution in [0.25, 0.3) is 10.6 Å². The molecule has 1 amide bonds. The fraction of sp³-hybridized carbons (Fsp3) is 0.0625. The van der Waals surface area contributed by atoms with Crippen molar-refractivity contribution in [1.29, 1.82) is 0 Å². The van der Waals surface area contributed by atoms with Crippen molar-refractivity contribution < 1.29 is 4.79 Å². The van der Waals surface area contributed by atoms with Gasteiger partial charge in [-0.25, -0.2) is 4.98 Å². The highest BCUT2D eigenvalue weighted by Crippen LogP contribution is 2.24. The van der Waals surface area contributed by atoms with Crippen LogP contribution in [0.15, 0.2) is 54.2 Å². The number of anilines is 1. The number of hydrogen-bond donors (Lipinski definition) is 1. The second kappa shape index (κ2) is 6.68. The number of thiazole rings is 1. The van der Waals surface area contributed by atoms with Crippen LogP contribution in [-0.2, 0) is 11.2 Å². The van der Waals surface area contributed by atoms with E-state index in [1.807, 2.05) is 29.6 Å². The summed E-state index contributed by atoms with van der Waals surface area (Å²) in [6.07, 6.45) is 3.68. The van der Waals surface area contributed by atoms with Crippen molar-refractivity contribution in [3.8, 4) is 10.6 Å². The van der Waals surface area contributed by atoms with E-state index in [1.54, 1.807) is 24.5 Å². The largest absolute Gasteiger partial charge is 0.324 e. The lowest BCUT2D eigenvalue weighted by atomic mass is 10.2. The molecule has 0 unspecified atom stereocenters. The first-order chi connectivity index (χ1) is 10.7. The third kappa shape index (κ3) is 3.50. The normalized spacial score (nSPS) is 10.4. The van der Waals surface area contributed by atoms with Crippen LogP contribution < -0.4 is 5.32 Å². The molecule has 6 heteroatoms. The molecule has 0 radical (unpaired) electrons. The first kappa shape index (κ1) is 14.7. The van der Waals surface area contributed by atoms with Crippen molar-refractivity contribution in [3.05, 3.63) is 64.9 Å². The average molecular weight is 330 g/mol. The van der Waals surface area contributed by atoms with E-state index in [9.17, 15) is 4.79 Å². The van der Waals surface area contributed by atoms with Gasteiger partial charge in [0.25, 0.3) is 0 Å². The van der Waals surface area contributed by atoms with Crippen LogP contribution >= 0.6 is 22.9 Å². The second-order valence-electron chi connectivity index (χ2n) is 4.59. The molecule has 3 aromatic rings. The molecule has 0 aliphatic heterocycles. The molecule has 3 rings (SSSR count). The Bertz CT molecular complexity index is 789. The molecule has 0 spiro atoms. The van der Waals surface area contributed by atoms with E-state index in [0.29, 0.717) is 10.7 Å². The Morgan fingerprint density at radius 3 is 2.86 bits per heavy atom. The Balaban J connectivity index is 1.68. The molecule has 0 aliphatic rings. The summed E-state index contributed by atoms with van der Waals surface area (Å²) in [5.41, 5.74) is 2.29. The van der Waals surface area contributed by atoms with Crippen molar-refractivity contribution in [3.63, 3.8) is 0 Å². The number of carbonyl (C=O) groups excluding carboxylic acids is 1. The lowest BCUT2D eigenvalue weighted by molar-refractivity contribution is -0.115. The molecule has 0 bridgehead atoms. The summed E-state index contributed by atoms with van der Waals surface area (Å²) in [5.74, 6) is -0.142. The molecule has 110 valence electrons. The van der Waals surface area contributed by atoms with Gasteiger partial charge in [-0.05, 0) is 24.3 Å². The molecule has 1 N–H and O–H groups in total. The fourth-order valence-corrected chi connectivity index (χ4v) is 2.92. The number of nitrogens with one attached hydrogen (secondary N) is 1. The Morgan fingerprint density at radius 2 is 2.09 bits per heavy atom. The van der Waals surface area contributed by atoms with Gasteiger partial charge < -0.3 is 5.32 Å². The highest BCUT2D eigenvalue weighted by Gasteiger charge is 2.10. The summed E-state index contributed by atoms with van der Waals surface area (Å²) in [7, 11) is 0. The van der Waals surface area contributed by atoms with Crippen molar-refractivity contribution >= 4 is 34.5 Å². The van der Waals surface area contributed by atoms with E-state index in [2.05, 4.69) is 15.3 Å². The maximum Gasteiger partial charge on any atom is 0.230 e. The minimum atomic E-state index is -0.142. The Hall–Kier alpha value is -2.24. The minimum absolute atomic E-state index is 0.142. The zero-order chi connectivity index (χ0) is 15.4. The Morgan fingerprint density at radius 1 is 1.23 bits per heavy atom. The van der Waals surface area contributed by atoms with Gasteiger partial charge in [-0.2, -0.15) is 0 Å². The molecule has 4 nitrogen and oxygen atoms in total. The number of aromatic nitrogens is 2. The maximum atomic E-state index is 12.1. The summed E-state index contributed by atoms with van der Waals surface area (Å²) < 4.78 is 0. The number of pyridine rings is 1. The zero-order valence-electron chi connectivity index (χ0n) is 11.5. The summed E-state index contributed by atoms with van der Waals surface area (Å²) >= 11 is 7.52. The third-order valence-corrected chi connectivity index (χ3v) is 4.22. The lowest BCUT2D eigenvalue weighted by Gasteiger charge is -2.05. The number of nitrogens with zero attached hydrogens (tertiary/aromatic N) is 2. The summed E-state index contributed by atoms with van der Waals surface area (Å²) in [6, 6.07) is 11.0. The lowest BCUT2D eigenvalue weighted by Crippen LogP contribution is -2.14. The Labute approximate surface area is 136 Å². The molecule has 0 saturated carbocycles. The van der Waals surface area contributed by atoms with Gasteiger partial charge >= 0.3 is 0 Å². The van der Waals surface area contributed by atoms with Crippen molar-refractivity contribution in [1.82, 2.24) is 9.97 Å². The number of rotatable bonds is 4. The van der Waals surface area contributed by atoms with Gasteiger partial charge in [0.15, 0.2) is 0 Å². The van der Waals surface area contributed by atoms with E-state index in [0.717, 1.165) is 16.3 Å². The molecule has 1 aromatic carbocycles. The molecule has 0 atom stereocenters. The first-order valence-electron chi connectivity index (χ1n) is 6.61. The van der Waals surface area contributed by atoms with Gasteiger partial charge in [0.1, 0.15) is 5.01 Å². The van der Waals surface area contributed by atoms with Gasteiger partial charge in [-0.3, -0.25) is 9.78 Å². The summed E-state index contributed by atoms with van der Waals surface area (Å²) in [6.45, 7) is 0. The fourth-order valence-electron chi connectivity index (χ4n) is 1.93. The van der Waals surface area contributed by atoms with Crippen LogP contribution in [0, 0.1) is 0 Å². The molecular weight excluding hydrogens is 318 g/mol. The number of amides is 1. The van der Waals surface area contributed by atoms with Crippen LogP contribution in [0.5, 0.6) is 0 Å².